The van der Waals surface area contributed by atoms with Crippen molar-refractivity contribution in [3.8, 4) is 0 Å². The van der Waals surface area contributed by atoms with E-state index in [4.69, 9.17) is 0 Å². The highest BCUT2D eigenvalue weighted by Crippen LogP contribution is 2.31. The van der Waals surface area contributed by atoms with E-state index in [9.17, 15) is 13.2 Å². The topological polar surface area (TPSA) is 93.9 Å². The van der Waals surface area contributed by atoms with Gasteiger partial charge in [0.15, 0.2) is 15.0 Å². The largest absolute Gasteiger partial charge is 0.358 e. The van der Waals surface area contributed by atoms with E-state index in [1.165, 1.54) is 11.8 Å². The van der Waals surface area contributed by atoms with Crippen LogP contribution >= 0.6 is 11.8 Å². The molecule has 122 valence electrons. The number of rotatable bonds is 6. The van der Waals surface area contributed by atoms with Gasteiger partial charge in [-0.1, -0.05) is 17.8 Å². The van der Waals surface area contributed by atoms with Gasteiger partial charge in [-0.2, -0.15) is 0 Å². The van der Waals surface area contributed by atoms with E-state index in [0.29, 0.717) is 23.9 Å². The highest BCUT2D eigenvalue weighted by atomic mass is 32.2. The normalized spacial score (nSPS) is 21.5. The second-order valence-corrected chi connectivity index (χ2v) is 8.75. The van der Waals surface area contributed by atoms with E-state index in [2.05, 4.69) is 22.1 Å². The molecule has 1 fully saturated rings. The fourth-order valence-electron chi connectivity index (χ4n) is 2.40. The third-order valence-corrected chi connectivity index (χ3v) is 6.40. The number of hydrogen-bond donors (Lipinski definition) is 1. The van der Waals surface area contributed by atoms with E-state index in [1.807, 2.05) is 4.57 Å². The average Bonchev–Trinajstić information content (AvgIpc) is 3.02. The second kappa shape index (κ2) is 6.82. The number of sulfone groups is 1. The van der Waals surface area contributed by atoms with Crippen LogP contribution in [-0.2, 0) is 21.2 Å². The molecule has 9 heteroatoms. The van der Waals surface area contributed by atoms with Gasteiger partial charge in [0.1, 0.15) is 5.82 Å². The highest BCUT2D eigenvalue weighted by molar-refractivity contribution is 8.00. The molecule has 2 atom stereocenters. The Bertz CT molecular complexity index is 669. The number of carbonyl (C=O) groups is 1. The fourth-order valence-corrected chi connectivity index (χ4v) is 5.07. The summed E-state index contributed by atoms with van der Waals surface area (Å²) in [7, 11) is -1.40. The van der Waals surface area contributed by atoms with Gasteiger partial charge in [-0.25, -0.2) is 8.42 Å². The molecule has 0 aliphatic carbocycles. The van der Waals surface area contributed by atoms with Crippen LogP contribution in [0.25, 0.3) is 0 Å². The number of hydrogen-bond acceptors (Lipinski definition) is 6. The lowest BCUT2D eigenvalue weighted by molar-refractivity contribution is -0.119. The molecule has 1 N–H and O–H groups in total. The molecule has 0 saturated carbocycles. The summed E-state index contributed by atoms with van der Waals surface area (Å²) in [4.78, 5) is 11.6. The fraction of sp³-hybridized carbons (Fsp3) is 0.615. The molecule has 22 heavy (non-hydrogen) atoms. The van der Waals surface area contributed by atoms with Crippen molar-refractivity contribution in [3.05, 3.63) is 18.5 Å². The van der Waals surface area contributed by atoms with Gasteiger partial charge in [-0.3, -0.25) is 4.79 Å². The summed E-state index contributed by atoms with van der Waals surface area (Å²) in [6, 6.07) is 0. The van der Waals surface area contributed by atoms with Crippen molar-refractivity contribution >= 4 is 27.5 Å². The zero-order valence-corrected chi connectivity index (χ0v) is 14.3. The second-order valence-electron chi connectivity index (χ2n) is 5.21. The molecular weight excluding hydrogens is 324 g/mol. The maximum Gasteiger partial charge on any atom is 0.233 e. The predicted molar refractivity (Wildman–Crippen MR) is 85.6 cm³/mol. The molecule has 0 aromatic carbocycles. The summed E-state index contributed by atoms with van der Waals surface area (Å²) in [5.41, 5.74) is 0. The van der Waals surface area contributed by atoms with Gasteiger partial charge in [0.05, 0.1) is 16.8 Å². The van der Waals surface area contributed by atoms with Crippen LogP contribution in [0.4, 0.5) is 0 Å². The van der Waals surface area contributed by atoms with Crippen molar-refractivity contribution in [2.24, 2.45) is 0 Å². The van der Waals surface area contributed by atoms with Crippen LogP contribution in [0.15, 0.2) is 17.8 Å². The van der Waals surface area contributed by atoms with E-state index < -0.39 is 9.84 Å². The van der Waals surface area contributed by atoms with Crippen LogP contribution < -0.4 is 5.32 Å². The van der Waals surface area contributed by atoms with Crippen LogP contribution in [0.1, 0.15) is 25.1 Å². The Hall–Kier alpha value is -1.35. The van der Waals surface area contributed by atoms with Crippen LogP contribution in [0.5, 0.6) is 0 Å². The van der Waals surface area contributed by atoms with Crippen molar-refractivity contribution in [1.29, 1.82) is 0 Å². The molecule has 0 unspecified atom stereocenters. The summed E-state index contributed by atoms with van der Waals surface area (Å²) < 4.78 is 25.2. The Morgan fingerprint density at radius 1 is 1.59 bits per heavy atom. The number of carbonyl (C=O) groups excluding carboxylic acids is 1. The van der Waals surface area contributed by atoms with E-state index in [1.54, 1.807) is 20.0 Å². The smallest absolute Gasteiger partial charge is 0.233 e. The number of aromatic nitrogens is 3. The van der Waals surface area contributed by atoms with E-state index >= 15 is 0 Å². The van der Waals surface area contributed by atoms with Crippen molar-refractivity contribution in [1.82, 2.24) is 20.1 Å². The number of nitrogens with zero attached hydrogens (tertiary/aromatic N) is 3. The van der Waals surface area contributed by atoms with Crippen LogP contribution in [0, 0.1) is 0 Å². The number of allylic oxidation sites excluding steroid dienone is 1. The first-order valence-electron chi connectivity index (χ1n) is 7.00. The zero-order valence-electron chi connectivity index (χ0n) is 12.7. The lowest BCUT2D eigenvalue weighted by atomic mass is 10.1. The molecule has 0 radical (unpaired) electrons. The van der Waals surface area contributed by atoms with Crippen molar-refractivity contribution in [3.63, 3.8) is 0 Å². The Morgan fingerprint density at radius 3 is 2.86 bits per heavy atom. The minimum Gasteiger partial charge on any atom is -0.358 e. The number of thioether (sulfide) groups is 1. The number of nitrogens with one attached hydrogen (secondary N) is 1. The average molecular weight is 344 g/mol. The molecule has 1 saturated heterocycles. The summed E-state index contributed by atoms with van der Waals surface area (Å²) >= 11 is 1.30. The van der Waals surface area contributed by atoms with Crippen LogP contribution in [0.2, 0.25) is 0 Å². The highest BCUT2D eigenvalue weighted by Gasteiger charge is 2.33. The molecule has 0 bridgehead atoms. The van der Waals surface area contributed by atoms with Crippen molar-refractivity contribution in [2.75, 3.05) is 18.6 Å². The lowest BCUT2D eigenvalue weighted by Gasteiger charge is -2.13. The molecular formula is C13H20N4O3S2. The Kier molecular flexibility index (Phi) is 5.28. The third kappa shape index (κ3) is 3.70. The molecule has 1 aliphatic rings. The first-order chi connectivity index (χ1) is 10.4. The van der Waals surface area contributed by atoms with Gasteiger partial charge in [0, 0.05) is 19.5 Å². The van der Waals surface area contributed by atoms with Crippen molar-refractivity contribution < 1.29 is 13.2 Å². The molecule has 7 nitrogen and oxygen atoms in total. The molecule has 1 aliphatic heterocycles. The maximum absolute atomic E-state index is 11.7. The van der Waals surface area contributed by atoms with Gasteiger partial charge in [0.2, 0.25) is 5.91 Å². The summed E-state index contributed by atoms with van der Waals surface area (Å²) in [6.07, 6.45) is 2.28. The van der Waals surface area contributed by atoms with Gasteiger partial charge >= 0.3 is 0 Å². The molecule has 1 aromatic heterocycles. The van der Waals surface area contributed by atoms with Gasteiger partial charge in [-0.15, -0.1) is 16.8 Å². The minimum absolute atomic E-state index is 0.0943. The summed E-state index contributed by atoms with van der Waals surface area (Å²) in [5.74, 6) is 0.728. The minimum atomic E-state index is -2.98. The zero-order chi connectivity index (χ0) is 16.3. The Morgan fingerprint density at radius 2 is 2.32 bits per heavy atom. The SMILES string of the molecule is C=CCn1c(S[C@@H](C)C(=O)NC)nnc1[C@@H]1CCS(=O)(=O)C1. The lowest BCUT2D eigenvalue weighted by Crippen LogP contribution is -2.27. The van der Waals surface area contributed by atoms with Crippen molar-refractivity contribution in [2.45, 2.75) is 36.2 Å². The quantitative estimate of drug-likeness (QED) is 0.600. The molecule has 2 rings (SSSR count). The standard InChI is InChI=1S/C13H20N4O3S2/c1-4-6-17-11(10-5-7-22(19,20)8-10)15-16-13(17)21-9(2)12(18)14-3/h4,9-10H,1,5-8H2,2-3H3,(H,14,18)/t9-,10+/m0/s1. The third-order valence-electron chi connectivity index (χ3n) is 3.55. The monoisotopic (exact) mass is 344 g/mol. The molecule has 2 heterocycles. The maximum atomic E-state index is 11.7. The molecule has 1 aromatic rings. The first-order valence-corrected chi connectivity index (χ1v) is 9.70. The van der Waals surface area contributed by atoms with Crippen LogP contribution in [-0.4, -0.2) is 52.9 Å². The van der Waals surface area contributed by atoms with E-state index in [0.717, 1.165) is 0 Å². The van der Waals surface area contributed by atoms with E-state index in [-0.39, 0.29) is 28.6 Å². The summed E-state index contributed by atoms with van der Waals surface area (Å²) in [5, 5.41) is 11.2. The van der Waals surface area contributed by atoms with Gasteiger partial charge in [0.25, 0.3) is 0 Å². The Labute approximate surface area is 134 Å². The van der Waals surface area contributed by atoms with Gasteiger partial charge < -0.3 is 9.88 Å². The Balaban J connectivity index is 2.25. The number of amides is 1. The van der Waals surface area contributed by atoms with Gasteiger partial charge in [-0.05, 0) is 13.3 Å². The summed E-state index contributed by atoms with van der Waals surface area (Å²) in [6.45, 7) is 6.00. The first kappa shape index (κ1) is 17.0. The molecule has 1 amide bonds. The molecule has 0 spiro atoms. The van der Waals surface area contributed by atoms with Crippen LogP contribution in [0.3, 0.4) is 0 Å². The predicted octanol–water partition coefficient (Wildman–Crippen LogP) is 0.593.